The average Bonchev–Trinajstić information content (AvgIpc) is 3.02. The van der Waals surface area contributed by atoms with Crippen LogP contribution in [-0.2, 0) is 11.3 Å². The molecule has 2 aliphatic rings. The van der Waals surface area contributed by atoms with Crippen molar-refractivity contribution in [3.8, 4) is 0 Å². The van der Waals surface area contributed by atoms with Crippen molar-refractivity contribution in [2.24, 2.45) is 17.8 Å². The fraction of sp³-hybridized carbons (Fsp3) is 0.750. The molecule has 0 radical (unpaired) electrons. The third-order valence-electron chi connectivity index (χ3n) is 5.06. The number of nitrogens with zero attached hydrogens (tertiary/aromatic N) is 2. The second-order valence-electron chi connectivity index (χ2n) is 6.24. The molecule has 2 fully saturated rings. The van der Waals surface area contributed by atoms with E-state index in [0.29, 0.717) is 17.8 Å². The Bertz CT molecular complexity index is 470. The maximum atomic E-state index is 12.5. The Morgan fingerprint density at radius 1 is 1.40 bits per heavy atom. The van der Waals surface area contributed by atoms with Gasteiger partial charge in [0.25, 0.3) is 0 Å². The third-order valence-corrected chi connectivity index (χ3v) is 5.06. The van der Waals surface area contributed by atoms with Crippen molar-refractivity contribution in [1.82, 2.24) is 15.1 Å². The number of hydrogen-bond acceptors (Lipinski definition) is 2. The summed E-state index contributed by atoms with van der Waals surface area (Å²) in [6.07, 6.45) is 9.99. The van der Waals surface area contributed by atoms with Crippen molar-refractivity contribution in [3.63, 3.8) is 0 Å². The monoisotopic (exact) mass is 275 g/mol. The van der Waals surface area contributed by atoms with Gasteiger partial charge >= 0.3 is 0 Å². The Morgan fingerprint density at radius 3 is 2.65 bits per heavy atom. The Labute approximate surface area is 120 Å². The summed E-state index contributed by atoms with van der Waals surface area (Å²) < 4.78 is 1.92. The maximum Gasteiger partial charge on any atom is 0.224 e. The molecule has 0 bridgehead atoms. The lowest BCUT2D eigenvalue weighted by atomic mass is 10.0. The van der Waals surface area contributed by atoms with Crippen molar-refractivity contribution in [1.29, 1.82) is 0 Å². The zero-order valence-corrected chi connectivity index (χ0v) is 12.5. The molecule has 1 N–H and O–H groups in total. The molecule has 3 unspecified atom stereocenters. The molecule has 3 rings (SSSR count). The van der Waals surface area contributed by atoms with E-state index >= 15 is 0 Å². The van der Waals surface area contributed by atoms with Crippen LogP contribution in [-0.4, -0.2) is 15.7 Å². The molecular formula is C16H25N3O. The van der Waals surface area contributed by atoms with Gasteiger partial charge in [-0.15, -0.1) is 0 Å². The quantitative estimate of drug-likeness (QED) is 0.898. The topological polar surface area (TPSA) is 46.9 Å². The van der Waals surface area contributed by atoms with Crippen LogP contribution in [0, 0.1) is 17.8 Å². The van der Waals surface area contributed by atoms with E-state index < -0.39 is 0 Å². The van der Waals surface area contributed by atoms with Crippen molar-refractivity contribution in [2.45, 2.75) is 58.5 Å². The average molecular weight is 275 g/mol. The van der Waals surface area contributed by atoms with Gasteiger partial charge in [0.1, 0.15) is 0 Å². The summed E-state index contributed by atoms with van der Waals surface area (Å²) in [6.45, 7) is 5.07. The number of nitrogens with one attached hydrogen (secondary N) is 1. The summed E-state index contributed by atoms with van der Waals surface area (Å²) in [5.41, 5.74) is 1.13. The van der Waals surface area contributed by atoms with Gasteiger partial charge in [-0.2, -0.15) is 5.10 Å². The second-order valence-corrected chi connectivity index (χ2v) is 6.24. The Morgan fingerprint density at radius 2 is 2.10 bits per heavy atom. The van der Waals surface area contributed by atoms with E-state index in [9.17, 15) is 4.79 Å². The fourth-order valence-electron chi connectivity index (χ4n) is 3.80. The van der Waals surface area contributed by atoms with Crippen LogP contribution in [0.2, 0.25) is 0 Å². The first-order valence-electron chi connectivity index (χ1n) is 8.07. The summed E-state index contributed by atoms with van der Waals surface area (Å²) in [7, 11) is 0. The number of amides is 1. The highest BCUT2D eigenvalue weighted by atomic mass is 16.2. The first-order valence-corrected chi connectivity index (χ1v) is 8.07. The molecule has 1 aromatic rings. The number of aromatic nitrogens is 2. The molecule has 1 heterocycles. The second kappa shape index (κ2) is 5.58. The zero-order valence-electron chi connectivity index (χ0n) is 12.5. The number of hydrogen-bond donors (Lipinski definition) is 1. The van der Waals surface area contributed by atoms with Gasteiger partial charge in [-0.1, -0.05) is 19.8 Å². The molecule has 0 saturated heterocycles. The minimum Gasteiger partial charge on any atom is -0.349 e. The molecule has 2 saturated carbocycles. The van der Waals surface area contributed by atoms with Gasteiger partial charge in [-0.05, 0) is 38.0 Å². The minimum atomic E-state index is 0.116. The van der Waals surface area contributed by atoms with E-state index in [1.807, 2.05) is 17.1 Å². The van der Waals surface area contributed by atoms with Gasteiger partial charge in [0, 0.05) is 24.2 Å². The lowest BCUT2D eigenvalue weighted by Crippen LogP contribution is -2.30. The van der Waals surface area contributed by atoms with Gasteiger partial charge < -0.3 is 5.32 Å². The molecule has 110 valence electrons. The molecule has 0 aromatic carbocycles. The van der Waals surface area contributed by atoms with Crippen LogP contribution in [0.3, 0.4) is 0 Å². The van der Waals surface area contributed by atoms with Crippen LogP contribution in [0.15, 0.2) is 12.4 Å². The van der Waals surface area contributed by atoms with E-state index in [1.54, 1.807) is 0 Å². The summed E-state index contributed by atoms with van der Waals surface area (Å²) in [6, 6.07) is 0.116. The third kappa shape index (κ3) is 2.48. The molecular weight excluding hydrogens is 250 g/mol. The van der Waals surface area contributed by atoms with Gasteiger partial charge in [-0.3, -0.25) is 9.48 Å². The largest absolute Gasteiger partial charge is 0.349 e. The molecule has 1 aromatic heterocycles. The molecule has 0 spiro atoms. The number of aryl methyl sites for hydroxylation is 1. The van der Waals surface area contributed by atoms with E-state index in [2.05, 4.69) is 24.3 Å². The molecule has 20 heavy (non-hydrogen) atoms. The van der Waals surface area contributed by atoms with Crippen LogP contribution >= 0.6 is 0 Å². The highest BCUT2D eigenvalue weighted by Gasteiger charge is 2.54. The van der Waals surface area contributed by atoms with Crippen LogP contribution < -0.4 is 5.32 Å². The summed E-state index contributed by atoms with van der Waals surface area (Å²) in [5, 5.41) is 7.56. The number of carbonyl (C=O) groups is 1. The summed E-state index contributed by atoms with van der Waals surface area (Å²) >= 11 is 0. The van der Waals surface area contributed by atoms with E-state index in [-0.39, 0.29) is 11.9 Å². The smallest absolute Gasteiger partial charge is 0.224 e. The number of rotatable bonds is 5. The number of carbonyl (C=O) groups excluding carboxylic acids is 1. The molecule has 2 aliphatic carbocycles. The fourth-order valence-corrected chi connectivity index (χ4v) is 3.80. The standard InChI is InChI=1S/C16H25N3O/c1-3-14(11-9-17-19(4-2)10-11)18-16(20)15-12-7-5-6-8-13(12)15/h9-10,12-15H,3-8H2,1-2H3,(H,18,20). The van der Waals surface area contributed by atoms with Gasteiger partial charge in [0.15, 0.2) is 0 Å². The first-order chi connectivity index (χ1) is 9.74. The minimum absolute atomic E-state index is 0.116. The molecule has 1 amide bonds. The predicted molar refractivity (Wildman–Crippen MR) is 78.0 cm³/mol. The van der Waals surface area contributed by atoms with E-state index in [1.165, 1.54) is 25.7 Å². The van der Waals surface area contributed by atoms with E-state index in [0.717, 1.165) is 18.5 Å². The lowest BCUT2D eigenvalue weighted by Gasteiger charge is -2.15. The van der Waals surface area contributed by atoms with E-state index in [4.69, 9.17) is 0 Å². The van der Waals surface area contributed by atoms with Crippen molar-refractivity contribution < 1.29 is 4.79 Å². The normalized spacial score (nSPS) is 29.6. The van der Waals surface area contributed by atoms with Gasteiger partial charge in [0.05, 0.1) is 12.2 Å². The van der Waals surface area contributed by atoms with Crippen molar-refractivity contribution >= 4 is 5.91 Å². The Balaban J connectivity index is 1.61. The lowest BCUT2D eigenvalue weighted by molar-refractivity contribution is -0.123. The Kier molecular flexibility index (Phi) is 3.81. The SMILES string of the molecule is CCC(NC(=O)C1C2CCCCC21)c1cnn(CC)c1. The zero-order chi connectivity index (χ0) is 14.1. The molecule has 0 aliphatic heterocycles. The first kappa shape index (κ1) is 13.7. The summed E-state index contributed by atoms with van der Waals surface area (Å²) in [5.74, 6) is 1.94. The molecule has 4 nitrogen and oxygen atoms in total. The van der Waals surface area contributed by atoms with Crippen molar-refractivity contribution in [2.75, 3.05) is 0 Å². The number of fused-ring (bicyclic) bond motifs is 1. The summed E-state index contributed by atoms with van der Waals surface area (Å²) in [4.78, 5) is 12.5. The molecule has 3 atom stereocenters. The van der Waals surface area contributed by atoms with Crippen molar-refractivity contribution in [3.05, 3.63) is 18.0 Å². The van der Waals surface area contributed by atoms with Gasteiger partial charge in [0.2, 0.25) is 5.91 Å². The predicted octanol–water partition coefficient (Wildman–Crippen LogP) is 2.91. The van der Waals surface area contributed by atoms with Crippen LogP contribution in [0.5, 0.6) is 0 Å². The van der Waals surface area contributed by atoms with Crippen LogP contribution in [0.25, 0.3) is 0 Å². The van der Waals surface area contributed by atoms with Crippen LogP contribution in [0.1, 0.15) is 57.6 Å². The molecule has 4 heteroatoms. The van der Waals surface area contributed by atoms with Gasteiger partial charge in [-0.25, -0.2) is 0 Å². The van der Waals surface area contributed by atoms with Crippen LogP contribution in [0.4, 0.5) is 0 Å². The maximum absolute atomic E-state index is 12.5. The highest BCUT2D eigenvalue weighted by Crippen LogP contribution is 2.55. The highest BCUT2D eigenvalue weighted by molar-refractivity contribution is 5.82. The Hall–Kier alpha value is -1.32.